The average molecular weight is 286 g/mol. The summed E-state index contributed by atoms with van der Waals surface area (Å²) < 4.78 is 7.12. The molecule has 0 saturated carbocycles. The zero-order valence-corrected chi connectivity index (χ0v) is 12.1. The molecule has 3 N–H and O–H groups in total. The number of nitrogens with two attached hydrogens (primary N) is 1. The van der Waals surface area contributed by atoms with Gasteiger partial charge in [0.2, 0.25) is 0 Å². The number of aryl methyl sites for hydroxylation is 1. The maximum atomic E-state index is 5.96. The highest BCUT2D eigenvalue weighted by Crippen LogP contribution is 2.24. The average Bonchev–Trinajstić information content (AvgIpc) is 3.16. The van der Waals surface area contributed by atoms with Gasteiger partial charge >= 0.3 is 0 Å². The van der Waals surface area contributed by atoms with E-state index in [1.807, 2.05) is 16.9 Å². The molecule has 0 fully saturated rings. The minimum absolute atomic E-state index is 0.434. The molecule has 3 aromatic heterocycles. The molecule has 7 nitrogen and oxygen atoms in total. The Morgan fingerprint density at radius 2 is 2.29 bits per heavy atom. The van der Waals surface area contributed by atoms with E-state index in [-0.39, 0.29) is 0 Å². The minimum atomic E-state index is 0.434. The van der Waals surface area contributed by atoms with E-state index in [4.69, 9.17) is 10.2 Å². The van der Waals surface area contributed by atoms with Crippen molar-refractivity contribution < 1.29 is 4.42 Å². The summed E-state index contributed by atoms with van der Waals surface area (Å²) in [6.07, 6.45) is 4.52. The first-order valence-electron chi connectivity index (χ1n) is 6.93. The Morgan fingerprint density at radius 3 is 3.00 bits per heavy atom. The fraction of sp³-hybridized carbons (Fsp3) is 0.357. The Hall–Kier alpha value is -2.57. The van der Waals surface area contributed by atoms with E-state index in [0.717, 1.165) is 18.5 Å². The van der Waals surface area contributed by atoms with Gasteiger partial charge < -0.3 is 10.2 Å². The van der Waals surface area contributed by atoms with Gasteiger partial charge in [0.25, 0.3) is 0 Å². The summed E-state index contributed by atoms with van der Waals surface area (Å²) >= 11 is 0. The van der Waals surface area contributed by atoms with Crippen molar-refractivity contribution in [2.75, 3.05) is 5.73 Å². The van der Waals surface area contributed by atoms with Crippen LogP contribution in [-0.2, 0) is 6.54 Å². The van der Waals surface area contributed by atoms with Crippen molar-refractivity contribution in [3.63, 3.8) is 0 Å². The SMILES string of the molecule is CC(C)CCn1cc(-c2n[nH]c(-c3ccco3)n2)c(N)n1. The monoisotopic (exact) mass is 286 g/mol. The van der Waals surface area contributed by atoms with Crippen LogP contribution in [0.4, 0.5) is 5.82 Å². The molecule has 0 bridgehead atoms. The molecule has 0 spiro atoms. The summed E-state index contributed by atoms with van der Waals surface area (Å²) in [5.74, 6) is 2.79. The number of furan rings is 1. The van der Waals surface area contributed by atoms with E-state index in [1.54, 1.807) is 12.3 Å². The van der Waals surface area contributed by atoms with Crippen LogP contribution in [0.15, 0.2) is 29.0 Å². The minimum Gasteiger partial charge on any atom is -0.461 e. The number of aromatic nitrogens is 5. The van der Waals surface area contributed by atoms with Gasteiger partial charge in [-0.1, -0.05) is 13.8 Å². The topological polar surface area (TPSA) is 98.5 Å². The smallest absolute Gasteiger partial charge is 0.192 e. The lowest BCUT2D eigenvalue weighted by atomic mass is 10.1. The third kappa shape index (κ3) is 2.81. The van der Waals surface area contributed by atoms with E-state index in [1.165, 1.54) is 0 Å². The van der Waals surface area contributed by atoms with Crippen LogP contribution in [0.2, 0.25) is 0 Å². The van der Waals surface area contributed by atoms with Crippen LogP contribution in [0.25, 0.3) is 23.0 Å². The first kappa shape index (κ1) is 13.4. The van der Waals surface area contributed by atoms with Crippen molar-refractivity contribution in [1.82, 2.24) is 25.0 Å². The first-order chi connectivity index (χ1) is 10.1. The largest absolute Gasteiger partial charge is 0.461 e. The Bertz CT molecular complexity index is 710. The second-order valence-corrected chi connectivity index (χ2v) is 5.36. The molecule has 0 aromatic carbocycles. The molecular weight excluding hydrogens is 268 g/mol. The molecule has 0 amide bonds. The molecule has 3 aromatic rings. The van der Waals surface area contributed by atoms with Gasteiger partial charge in [0.05, 0.1) is 11.8 Å². The number of rotatable bonds is 5. The molecule has 0 unspecified atom stereocenters. The molecule has 0 atom stereocenters. The Labute approximate surface area is 122 Å². The van der Waals surface area contributed by atoms with Crippen LogP contribution in [0.3, 0.4) is 0 Å². The fourth-order valence-corrected chi connectivity index (χ4v) is 2.02. The van der Waals surface area contributed by atoms with E-state index in [0.29, 0.717) is 29.1 Å². The van der Waals surface area contributed by atoms with Crippen molar-refractivity contribution in [3.05, 3.63) is 24.6 Å². The number of H-pyrrole nitrogens is 1. The third-order valence-corrected chi connectivity index (χ3v) is 3.21. The number of aromatic amines is 1. The van der Waals surface area contributed by atoms with Gasteiger partial charge in [0.1, 0.15) is 0 Å². The van der Waals surface area contributed by atoms with Gasteiger partial charge in [-0.3, -0.25) is 9.78 Å². The number of anilines is 1. The maximum absolute atomic E-state index is 5.96. The molecule has 0 aliphatic heterocycles. The van der Waals surface area contributed by atoms with Crippen LogP contribution in [0.5, 0.6) is 0 Å². The van der Waals surface area contributed by atoms with Crippen molar-refractivity contribution in [3.8, 4) is 23.0 Å². The second kappa shape index (κ2) is 5.43. The lowest BCUT2D eigenvalue weighted by Crippen LogP contribution is -2.02. The molecule has 3 heterocycles. The van der Waals surface area contributed by atoms with Crippen LogP contribution in [0.1, 0.15) is 20.3 Å². The summed E-state index contributed by atoms with van der Waals surface area (Å²) in [5, 5.41) is 11.3. The predicted octanol–water partition coefficient (Wildman–Crippen LogP) is 2.56. The summed E-state index contributed by atoms with van der Waals surface area (Å²) in [6, 6.07) is 3.62. The molecule has 7 heteroatoms. The quantitative estimate of drug-likeness (QED) is 0.751. The van der Waals surface area contributed by atoms with Gasteiger partial charge in [0.15, 0.2) is 23.2 Å². The zero-order valence-electron chi connectivity index (χ0n) is 12.1. The van der Waals surface area contributed by atoms with Crippen LogP contribution in [-0.4, -0.2) is 25.0 Å². The normalized spacial score (nSPS) is 11.4. The molecule has 0 saturated heterocycles. The van der Waals surface area contributed by atoms with Gasteiger partial charge in [-0.25, -0.2) is 4.98 Å². The Morgan fingerprint density at radius 1 is 1.43 bits per heavy atom. The first-order valence-corrected chi connectivity index (χ1v) is 6.93. The van der Waals surface area contributed by atoms with Crippen molar-refractivity contribution in [1.29, 1.82) is 0 Å². The summed E-state index contributed by atoms with van der Waals surface area (Å²) in [4.78, 5) is 4.40. The van der Waals surface area contributed by atoms with Gasteiger partial charge in [0, 0.05) is 12.7 Å². The van der Waals surface area contributed by atoms with Gasteiger partial charge in [-0.05, 0) is 24.5 Å². The molecule has 3 rings (SSSR count). The lowest BCUT2D eigenvalue weighted by Gasteiger charge is -2.03. The van der Waals surface area contributed by atoms with Crippen molar-refractivity contribution in [2.24, 2.45) is 5.92 Å². The maximum Gasteiger partial charge on any atom is 0.192 e. The Kier molecular flexibility index (Phi) is 3.47. The van der Waals surface area contributed by atoms with Crippen LogP contribution < -0.4 is 5.73 Å². The number of hydrogen-bond donors (Lipinski definition) is 2. The number of hydrogen-bond acceptors (Lipinski definition) is 5. The van der Waals surface area contributed by atoms with Crippen molar-refractivity contribution >= 4 is 5.82 Å². The molecule has 21 heavy (non-hydrogen) atoms. The fourth-order valence-electron chi connectivity index (χ4n) is 2.02. The van der Waals surface area contributed by atoms with E-state index in [9.17, 15) is 0 Å². The zero-order chi connectivity index (χ0) is 14.8. The molecule has 0 aliphatic carbocycles. The van der Waals surface area contributed by atoms with E-state index in [2.05, 4.69) is 34.1 Å². The van der Waals surface area contributed by atoms with Gasteiger partial charge in [-0.15, -0.1) is 0 Å². The molecular formula is C14H18N6O. The molecule has 0 aliphatic rings. The van der Waals surface area contributed by atoms with Gasteiger partial charge in [-0.2, -0.15) is 10.2 Å². The van der Waals surface area contributed by atoms with Crippen LogP contribution >= 0.6 is 0 Å². The summed E-state index contributed by atoms with van der Waals surface area (Å²) in [6.45, 7) is 5.19. The van der Waals surface area contributed by atoms with Crippen molar-refractivity contribution in [2.45, 2.75) is 26.8 Å². The highest BCUT2D eigenvalue weighted by atomic mass is 16.3. The summed E-state index contributed by atoms with van der Waals surface area (Å²) in [5.41, 5.74) is 6.69. The second-order valence-electron chi connectivity index (χ2n) is 5.36. The molecule has 110 valence electrons. The standard InChI is InChI=1S/C14H18N6O/c1-9(2)5-6-20-8-10(12(15)19-20)13-16-14(18-17-13)11-4-3-7-21-11/h3-4,7-9H,5-6H2,1-2H3,(H2,15,19)(H,16,17,18). The number of nitrogens with one attached hydrogen (secondary N) is 1. The third-order valence-electron chi connectivity index (χ3n) is 3.21. The van der Waals surface area contributed by atoms with E-state index >= 15 is 0 Å². The summed E-state index contributed by atoms with van der Waals surface area (Å²) in [7, 11) is 0. The Balaban J connectivity index is 1.84. The number of nitrogen functional groups attached to an aromatic ring is 1. The lowest BCUT2D eigenvalue weighted by molar-refractivity contribution is 0.488. The van der Waals surface area contributed by atoms with Crippen LogP contribution in [0, 0.1) is 5.92 Å². The number of nitrogens with zero attached hydrogens (tertiary/aromatic N) is 4. The molecule has 0 radical (unpaired) electrons. The predicted molar refractivity (Wildman–Crippen MR) is 79.2 cm³/mol. The van der Waals surface area contributed by atoms with E-state index < -0.39 is 0 Å². The highest BCUT2D eigenvalue weighted by molar-refractivity contribution is 5.68. The highest BCUT2D eigenvalue weighted by Gasteiger charge is 2.15.